The summed E-state index contributed by atoms with van der Waals surface area (Å²) < 4.78 is 0. The Bertz CT molecular complexity index is 496. The van der Waals surface area contributed by atoms with Gasteiger partial charge in [0.1, 0.15) is 0 Å². The summed E-state index contributed by atoms with van der Waals surface area (Å²) in [7, 11) is 0. The molecule has 0 aromatic heterocycles. The molecule has 0 aliphatic rings. The minimum Gasteiger partial charge on any atom is -0.399 e. The van der Waals surface area contributed by atoms with Crippen molar-refractivity contribution in [3.63, 3.8) is 0 Å². The van der Waals surface area contributed by atoms with Gasteiger partial charge in [0.15, 0.2) is 0 Å². The van der Waals surface area contributed by atoms with Crippen molar-refractivity contribution in [2.24, 2.45) is 0 Å². The molecule has 2 aromatic carbocycles. The molecular weight excluding hydrogens is 224 g/mol. The maximum absolute atomic E-state index is 9.67. The smallest absolute Gasteiger partial charge is 0.0828 e. The summed E-state index contributed by atoms with van der Waals surface area (Å²) in [4.78, 5) is 0. The van der Waals surface area contributed by atoms with Gasteiger partial charge in [-0.3, -0.25) is 0 Å². The predicted molar refractivity (Wildman–Crippen MR) is 75.4 cm³/mol. The lowest BCUT2D eigenvalue weighted by molar-refractivity contribution is 0.224. The van der Waals surface area contributed by atoms with Crippen molar-refractivity contribution in [2.45, 2.75) is 12.5 Å². The lowest BCUT2D eigenvalue weighted by Gasteiger charge is -2.30. The van der Waals surface area contributed by atoms with Crippen molar-refractivity contribution in [3.8, 4) is 0 Å². The SMILES string of the molecule is CC(CO)(Nc1ccc(N)cc1)c1ccccc1. The molecule has 2 rings (SSSR count). The fourth-order valence-corrected chi connectivity index (χ4v) is 1.89. The van der Waals surface area contributed by atoms with Crippen LogP contribution in [0.15, 0.2) is 54.6 Å². The van der Waals surface area contributed by atoms with Crippen LogP contribution in [0.1, 0.15) is 12.5 Å². The predicted octanol–water partition coefficient (Wildman–Crippen LogP) is 2.59. The van der Waals surface area contributed by atoms with E-state index in [1.54, 1.807) is 0 Å². The highest BCUT2D eigenvalue weighted by Gasteiger charge is 2.25. The molecule has 0 saturated heterocycles. The molecule has 0 aliphatic carbocycles. The number of benzene rings is 2. The van der Waals surface area contributed by atoms with Gasteiger partial charge >= 0.3 is 0 Å². The van der Waals surface area contributed by atoms with E-state index in [9.17, 15) is 5.11 Å². The van der Waals surface area contributed by atoms with Crippen molar-refractivity contribution in [1.82, 2.24) is 0 Å². The second-order valence-electron chi connectivity index (χ2n) is 4.60. The molecule has 3 heteroatoms. The summed E-state index contributed by atoms with van der Waals surface area (Å²) in [6, 6.07) is 17.4. The minimum absolute atomic E-state index is 0.0153. The number of hydrogen-bond donors (Lipinski definition) is 3. The van der Waals surface area contributed by atoms with E-state index in [2.05, 4.69) is 5.32 Å². The van der Waals surface area contributed by atoms with Gasteiger partial charge in [0.25, 0.3) is 0 Å². The zero-order chi connectivity index (χ0) is 13.0. The summed E-state index contributed by atoms with van der Waals surface area (Å²) in [5.74, 6) is 0. The number of nitrogens with one attached hydrogen (secondary N) is 1. The molecule has 0 fully saturated rings. The molecular formula is C15H18N2O. The lowest BCUT2D eigenvalue weighted by atomic mass is 9.92. The first kappa shape index (κ1) is 12.5. The van der Waals surface area contributed by atoms with Crippen molar-refractivity contribution < 1.29 is 5.11 Å². The fourth-order valence-electron chi connectivity index (χ4n) is 1.89. The van der Waals surface area contributed by atoms with Crippen LogP contribution in [0.2, 0.25) is 0 Å². The second-order valence-corrected chi connectivity index (χ2v) is 4.60. The van der Waals surface area contributed by atoms with E-state index in [-0.39, 0.29) is 6.61 Å². The number of aliphatic hydroxyl groups excluding tert-OH is 1. The van der Waals surface area contributed by atoms with E-state index >= 15 is 0 Å². The van der Waals surface area contributed by atoms with E-state index in [1.807, 2.05) is 61.5 Å². The first-order valence-electron chi connectivity index (χ1n) is 5.94. The summed E-state index contributed by atoms with van der Waals surface area (Å²) in [5, 5.41) is 13.0. The Morgan fingerprint density at radius 1 is 1.06 bits per heavy atom. The third-order valence-electron chi connectivity index (χ3n) is 3.06. The maximum Gasteiger partial charge on any atom is 0.0828 e. The van der Waals surface area contributed by atoms with Gasteiger partial charge in [-0.1, -0.05) is 30.3 Å². The molecule has 0 saturated carbocycles. The Balaban J connectivity index is 2.26. The maximum atomic E-state index is 9.67. The Labute approximate surface area is 107 Å². The van der Waals surface area contributed by atoms with Crippen LogP contribution >= 0.6 is 0 Å². The third-order valence-corrected chi connectivity index (χ3v) is 3.06. The zero-order valence-corrected chi connectivity index (χ0v) is 10.4. The van der Waals surface area contributed by atoms with E-state index in [1.165, 1.54) is 0 Å². The highest BCUT2D eigenvalue weighted by molar-refractivity contribution is 5.53. The highest BCUT2D eigenvalue weighted by Crippen LogP contribution is 2.25. The number of nitrogens with two attached hydrogens (primary N) is 1. The number of anilines is 2. The molecule has 18 heavy (non-hydrogen) atoms. The van der Waals surface area contributed by atoms with Crippen LogP contribution in [0.5, 0.6) is 0 Å². The molecule has 4 N–H and O–H groups in total. The summed E-state index contributed by atoms with van der Waals surface area (Å²) >= 11 is 0. The van der Waals surface area contributed by atoms with Crippen molar-refractivity contribution in [2.75, 3.05) is 17.7 Å². The van der Waals surface area contributed by atoms with Gasteiger partial charge < -0.3 is 16.2 Å². The Kier molecular flexibility index (Phi) is 3.53. The lowest BCUT2D eigenvalue weighted by Crippen LogP contribution is -2.35. The van der Waals surface area contributed by atoms with Crippen LogP contribution in [0.4, 0.5) is 11.4 Å². The number of aliphatic hydroxyl groups is 1. The first-order valence-corrected chi connectivity index (χ1v) is 5.94. The third kappa shape index (κ3) is 2.63. The Morgan fingerprint density at radius 3 is 2.22 bits per heavy atom. The zero-order valence-electron chi connectivity index (χ0n) is 10.4. The summed E-state index contributed by atoms with van der Waals surface area (Å²) in [5.41, 5.74) is 7.86. The average Bonchev–Trinajstić information content (AvgIpc) is 2.42. The molecule has 0 amide bonds. The van der Waals surface area contributed by atoms with E-state index in [4.69, 9.17) is 5.73 Å². The molecule has 2 aromatic rings. The van der Waals surface area contributed by atoms with Crippen LogP contribution in [-0.4, -0.2) is 11.7 Å². The van der Waals surface area contributed by atoms with Crippen LogP contribution in [0.25, 0.3) is 0 Å². The van der Waals surface area contributed by atoms with Crippen molar-refractivity contribution >= 4 is 11.4 Å². The molecule has 0 radical (unpaired) electrons. The van der Waals surface area contributed by atoms with Crippen LogP contribution < -0.4 is 11.1 Å². The standard InChI is InChI=1S/C15H18N2O/c1-15(11-18,12-5-3-2-4-6-12)17-14-9-7-13(16)8-10-14/h2-10,17-18H,11,16H2,1H3. The molecule has 0 spiro atoms. The summed E-state index contributed by atoms with van der Waals surface area (Å²) in [6.07, 6.45) is 0. The van der Waals surface area contributed by atoms with Crippen LogP contribution in [0, 0.1) is 0 Å². The van der Waals surface area contributed by atoms with E-state index in [0.717, 1.165) is 16.9 Å². The van der Waals surface area contributed by atoms with Gasteiger partial charge in [-0.05, 0) is 36.8 Å². The molecule has 0 heterocycles. The van der Waals surface area contributed by atoms with Gasteiger partial charge in [-0.25, -0.2) is 0 Å². The first-order chi connectivity index (χ1) is 8.64. The number of hydrogen-bond acceptors (Lipinski definition) is 3. The van der Waals surface area contributed by atoms with Crippen LogP contribution in [-0.2, 0) is 5.54 Å². The van der Waals surface area contributed by atoms with E-state index in [0.29, 0.717) is 0 Å². The van der Waals surface area contributed by atoms with E-state index < -0.39 is 5.54 Å². The fraction of sp³-hybridized carbons (Fsp3) is 0.200. The summed E-state index contributed by atoms with van der Waals surface area (Å²) in [6.45, 7) is 1.99. The highest BCUT2D eigenvalue weighted by atomic mass is 16.3. The van der Waals surface area contributed by atoms with Gasteiger partial charge in [-0.2, -0.15) is 0 Å². The average molecular weight is 242 g/mol. The monoisotopic (exact) mass is 242 g/mol. The minimum atomic E-state index is -0.503. The molecule has 0 bridgehead atoms. The molecule has 1 unspecified atom stereocenters. The Morgan fingerprint density at radius 2 is 1.67 bits per heavy atom. The largest absolute Gasteiger partial charge is 0.399 e. The molecule has 3 nitrogen and oxygen atoms in total. The quantitative estimate of drug-likeness (QED) is 0.722. The normalized spacial score (nSPS) is 13.9. The van der Waals surface area contributed by atoms with Gasteiger partial charge in [0, 0.05) is 11.4 Å². The van der Waals surface area contributed by atoms with Gasteiger partial charge in [0.2, 0.25) is 0 Å². The van der Waals surface area contributed by atoms with Gasteiger partial charge in [-0.15, -0.1) is 0 Å². The van der Waals surface area contributed by atoms with Gasteiger partial charge in [0.05, 0.1) is 12.1 Å². The molecule has 0 aliphatic heterocycles. The molecule has 1 atom stereocenters. The topological polar surface area (TPSA) is 58.3 Å². The Hall–Kier alpha value is -2.00. The van der Waals surface area contributed by atoms with Crippen molar-refractivity contribution in [3.05, 3.63) is 60.2 Å². The molecule has 94 valence electrons. The second kappa shape index (κ2) is 5.10. The number of nitrogen functional groups attached to an aromatic ring is 1. The van der Waals surface area contributed by atoms with Crippen molar-refractivity contribution in [1.29, 1.82) is 0 Å². The van der Waals surface area contributed by atoms with Crippen LogP contribution in [0.3, 0.4) is 0 Å². The number of rotatable bonds is 4.